The van der Waals surface area contributed by atoms with Gasteiger partial charge in [-0.25, -0.2) is 0 Å². The summed E-state index contributed by atoms with van der Waals surface area (Å²) in [7, 11) is 0. The van der Waals surface area contributed by atoms with E-state index in [1.807, 2.05) is 11.3 Å². The second-order valence-corrected chi connectivity index (χ2v) is 6.97. The van der Waals surface area contributed by atoms with Crippen molar-refractivity contribution < 1.29 is 4.74 Å². The standard InChI is InChI=1S/C14H22N2OS/c1-10-11-4-6-18-12(11)3-5-16(10)8-14(2)9-17-7-13(14)15/h4,6,10,13H,3,5,7-9,15H2,1-2H3. The van der Waals surface area contributed by atoms with Crippen molar-refractivity contribution in [2.75, 3.05) is 26.3 Å². The largest absolute Gasteiger partial charge is 0.379 e. The van der Waals surface area contributed by atoms with E-state index in [4.69, 9.17) is 10.5 Å². The van der Waals surface area contributed by atoms with Crippen LogP contribution in [0.4, 0.5) is 0 Å². The van der Waals surface area contributed by atoms with Crippen LogP contribution in [0.1, 0.15) is 30.3 Å². The maximum atomic E-state index is 6.20. The van der Waals surface area contributed by atoms with Crippen molar-refractivity contribution >= 4 is 11.3 Å². The first-order valence-electron chi connectivity index (χ1n) is 6.74. The number of thiophene rings is 1. The molecule has 2 aliphatic heterocycles. The highest BCUT2D eigenvalue weighted by Gasteiger charge is 2.40. The summed E-state index contributed by atoms with van der Waals surface area (Å²) in [5.41, 5.74) is 7.83. The highest BCUT2D eigenvalue weighted by atomic mass is 32.1. The van der Waals surface area contributed by atoms with Gasteiger partial charge in [-0.15, -0.1) is 11.3 Å². The van der Waals surface area contributed by atoms with Crippen LogP contribution < -0.4 is 5.73 Å². The number of rotatable bonds is 2. The van der Waals surface area contributed by atoms with Gasteiger partial charge in [-0.05, 0) is 30.4 Å². The van der Waals surface area contributed by atoms with Gasteiger partial charge < -0.3 is 10.5 Å². The molecule has 3 heterocycles. The Morgan fingerprint density at radius 2 is 2.44 bits per heavy atom. The van der Waals surface area contributed by atoms with Gasteiger partial charge in [-0.3, -0.25) is 4.90 Å². The van der Waals surface area contributed by atoms with E-state index in [1.54, 1.807) is 4.88 Å². The summed E-state index contributed by atoms with van der Waals surface area (Å²) >= 11 is 1.90. The molecule has 1 aromatic rings. The molecule has 3 rings (SSSR count). The molecule has 0 aliphatic carbocycles. The maximum absolute atomic E-state index is 6.20. The molecule has 0 bridgehead atoms. The van der Waals surface area contributed by atoms with E-state index in [2.05, 4.69) is 30.2 Å². The smallest absolute Gasteiger partial charge is 0.0624 e. The molecule has 0 amide bonds. The second kappa shape index (κ2) is 4.60. The SMILES string of the molecule is CC1c2ccsc2CCN1CC1(C)COCC1N. The van der Waals surface area contributed by atoms with Crippen LogP contribution in [-0.2, 0) is 11.2 Å². The van der Waals surface area contributed by atoms with Crippen LogP contribution in [0.15, 0.2) is 11.4 Å². The fraction of sp³-hybridized carbons (Fsp3) is 0.714. The van der Waals surface area contributed by atoms with E-state index in [-0.39, 0.29) is 11.5 Å². The van der Waals surface area contributed by atoms with Crippen molar-refractivity contribution in [3.05, 3.63) is 21.9 Å². The first-order valence-corrected chi connectivity index (χ1v) is 7.62. The summed E-state index contributed by atoms with van der Waals surface area (Å²) in [5.74, 6) is 0. The van der Waals surface area contributed by atoms with E-state index in [1.165, 1.54) is 12.0 Å². The molecule has 1 fully saturated rings. The Bertz CT molecular complexity index is 433. The molecule has 0 saturated carbocycles. The van der Waals surface area contributed by atoms with Gasteiger partial charge in [0.15, 0.2) is 0 Å². The molecule has 0 spiro atoms. The minimum atomic E-state index is 0.113. The van der Waals surface area contributed by atoms with Crippen molar-refractivity contribution in [2.45, 2.75) is 32.4 Å². The molecule has 3 unspecified atom stereocenters. The van der Waals surface area contributed by atoms with Crippen LogP contribution in [0.25, 0.3) is 0 Å². The third-order valence-corrected chi connectivity index (χ3v) is 5.59. The first-order chi connectivity index (χ1) is 8.60. The summed E-state index contributed by atoms with van der Waals surface area (Å²) in [5, 5.41) is 2.22. The number of nitrogens with zero attached hydrogens (tertiary/aromatic N) is 1. The summed E-state index contributed by atoms with van der Waals surface area (Å²) in [6, 6.07) is 2.97. The Hall–Kier alpha value is -0.420. The molecular weight excluding hydrogens is 244 g/mol. The van der Waals surface area contributed by atoms with Gasteiger partial charge in [0, 0.05) is 35.5 Å². The monoisotopic (exact) mass is 266 g/mol. The average Bonchev–Trinajstić information content (AvgIpc) is 2.92. The summed E-state index contributed by atoms with van der Waals surface area (Å²) in [6.45, 7) is 8.29. The van der Waals surface area contributed by atoms with Crippen LogP contribution in [0.3, 0.4) is 0 Å². The zero-order valence-corrected chi connectivity index (χ0v) is 12.0. The Morgan fingerprint density at radius 1 is 1.61 bits per heavy atom. The zero-order valence-electron chi connectivity index (χ0n) is 11.2. The van der Waals surface area contributed by atoms with Crippen molar-refractivity contribution in [1.82, 2.24) is 4.90 Å². The van der Waals surface area contributed by atoms with Gasteiger partial charge >= 0.3 is 0 Å². The number of ether oxygens (including phenoxy) is 1. The lowest BCUT2D eigenvalue weighted by Crippen LogP contribution is -2.48. The minimum Gasteiger partial charge on any atom is -0.379 e. The van der Waals surface area contributed by atoms with Crippen LogP contribution in [-0.4, -0.2) is 37.2 Å². The molecule has 3 nitrogen and oxygen atoms in total. The van der Waals surface area contributed by atoms with Gasteiger partial charge in [-0.2, -0.15) is 0 Å². The molecule has 18 heavy (non-hydrogen) atoms. The van der Waals surface area contributed by atoms with Crippen molar-refractivity contribution in [1.29, 1.82) is 0 Å². The Kier molecular flexibility index (Phi) is 3.22. The normalized spacial score (nSPS) is 36.8. The average molecular weight is 266 g/mol. The van der Waals surface area contributed by atoms with Crippen LogP contribution in [0.5, 0.6) is 0 Å². The van der Waals surface area contributed by atoms with Gasteiger partial charge in [0.2, 0.25) is 0 Å². The second-order valence-electron chi connectivity index (χ2n) is 5.97. The molecule has 3 atom stereocenters. The molecule has 1 aromatic heterocycles. The summed E-state index contributed by atoms with van der Waals surface area (Å²) in [6.07, 6.45) is 1.18. The first kappa shape index (κ1) is 12.6. The molecule has 2 N–H and O–H groups in total. The highest BCUT2D eigenvalue weighted by molar-refractivity contribution is 7.10. The molecule has 4 heteroatoms. The van der Waals surface area contributed by atoms with Gasteiger partial charge in [0.25, 0.3) is 0 Å². The number of nitrogens with two attached hydrogens (primary N) is 1. The lowest BCUT2D eigenvalue weighted by molar-refractivity contribution is 0.0933. The fourth-order valence-corrected chi connectivity index (χ4v) is 4.09. The summed E-state index contributed by atoms with van der Waals surface area (Å²) in [4.78, 5) is 4.14. The maximum Gasteiger partial charge on any atom is 0.0624 e. The van der Waals surface area contributed by atoms with Crippen molar-refractivity contribution in [3.8, 4) is 0 Å². The Balaban J connectivity index is 1.75. The predicted molar refractivity (Wildman–Crippen MR) is 74.9 cm³/mol. The molecule has 100 valence electrons. The fourth-order valence-electron chi connectivity index (χ4n) is 3.13. The van der Waals surface area contributed by atoms with Gasteiger partial charge in [0.1, 0.15) is 0 Å². The molecule has 1 saturated heterocycles. The Labute approximate surface area is 113 Å². The van der Waals surface area contributed by atoms with E-state index < -0.39 is 0 Å². The molecule has 0 radical (unpaired) electrons. The molecule has 0 aromatic carbocycles. The third-order valence-electron chi connectivity index (χ3n) is 4.59. The lowest BCUT2D eigenvalue weighted by Gasteiger charge is -2.40. The van der Waals surface area contributed by atoms with Crippen LogP contribution in [0.2, 0.25) is 0 Å². The highest BCUT2D eigenvalue weighted by Crippen LogP contribution is 2.36. The van der Waals surface area contributed by atoms with E-state index in [0.717, 1.165) is 19.7 Å². The van der Waals surface area contributed by atoms with Crippen molar-refractivity contribution in [3.63, 3.8) is 0 Å². The predicted octanol–water partition coefficient (Wildman–Crippen LogP) is 2.03. The topological polar surface area (TPSA) is 38.5 Å². The van der Waals surface area contributed by atoms with Crippen LogP contribution in [0, 0.1) is 5.41 Å². The number of hydrogen-bond acceptors (Lipinski definition) is 4. The van der Waals surface area contributed by atoms with E-state index >= 15 is 0 Å². The Morgan fingerprint density at radius 3 is 3.17 bits per heavy atom. The van der Waals surface area contributed by atoms with Gasteiger partial charge in [-0.1, -0.05) is 6.92 Å². The van der Waals surface area contributed by atoms with E-state index in [9.17, 15) is 0 Å². The number of fused-ring (bicyclic) bond motifs is 1. The summed E-state index contributed by atoms with van der Waals surface area (Å²) < 4.78 is 5.55. The van der Waals surface area contributed by atoms with Gasteiger partial charge in [0.05, 0.1) is 13.2 Å². The number of hydrogen-bond donors (Lipinski definition) is 1. The lowest BCUT2D eigenvalue weighted by atomic mass is 9.84. The minimum absolute atomic E-state index is 0.113. The van der Waals surface area contributed by atoms with E-state index in [0.29, 0.717) is 12.6 Å². The van der Waals surface area contributed by atoms with Crippen LogP contribution >= 0.6 is 11.3 Å². The van der Waals surface area contributed by atoms with Crippen molar-refractivity contribution in [2.24, 2.45) is 11.1 Å². The third kappa shape index (κ3) is 2.01. The quantitative estimate of drug-likeness (QED) is 0.890. The molecular formula is C14H22N2OS. The zero-order chi connectivity index (χ0) is 12.8. The molecule has 2 aliphatic rings.